The molecule has 0 saturated heterocycles. The lowest BCUT2D eigenvalue weighted by Gasteiger charge is -2.15. The van der Waals surface area contributed by atoms with Crippen molar-refractivity contribution in [2.75, 3.05) is 6.61 Å². The molecule has 100 valence electrons. The molecule has 0 saturated carbocycles. The average Bonchev–Trinajstić information content (AvgIpc) is 2.26. The summed E-state index contributed by atoms with van der Waals surface area (Å²) in [7, 11) is 0. The van der Waals surface area contributed by atoms with Gasteiger partial charge in [0.05, 0.1) is 11.6 Å². The maximum absolute atomic E-state index is 6.16. The molecule has 2 N–H and O–H groups in total. The Hall–Kier alpha value is -0.700. The molecule has 0 aromatic heterocycles. The van der Waals surface area contributed by atoms with Crippen LogP contribution in [0, 0.1) is 0 Å². The van der Waals surface area contributed by atoms with Crippen LogP contribution in [0.15, 0.2) is 24.8 Å². The number of hydrogen-bond acceptors (Lipinski definition) is 2. The molecule has 1 aromatic carbocycles. The molecule has 0 spiro atoms. The molecule has 0 aliphatic carbocycles. The van der Waals surface area contributed by atoms with Crippen molar-refractivity contribution < 1.29 is 4.74 Å². The molecule has 2 nitrogen and oxygen atoms in total. The summed E-state index contributed by atoms with van der Waals surface area (Å²) in [4.78, 5) is 0. The van der Waals surface area contributed by atoms with Gasteiger partial charge in [-0.2, -0.15) is 0 Å². The van der Waals surface area contributed by atoms with Gasteiger partial charge in [-0.15, -0.1) is 6.58 Å². The molecule has 0 bridgehead atoms. The van der Waals surface area contributed by atoms with Crippen molar-refractivity contribution in [1.29, 1.82) is 0 Å². The molecule has 1 unspecified atom stereocenters. The van der Waals surface area contributed by atoms with Gasteiger partial charge >= 0.3 is 0 Å². The second-order valence-corrected chi connectivity index (χ2v) is 5.18. The maximum Gasteiger partial charge on any atom is 0.141 e. The number of allylic oxidation sites excluding steroid dienone is 1. The molecule has 1 aromatic rings. The van der Waals surface area contributed by atoms with Crippen LogP contribution >= 0.6 is 23.2 Å². The van der Waals surface area contributed by atoms with Crippen molar-refractivity contribution >= 4 is 23.2 Å². The molecule has 0 radical (unpaired) electrons. The first-order valence-electron chi connectivity index (χ1n) is 6.01. The largest absolute Gasteiger partial charge is 0.492 e. The summed E-state index contributed by atoms with van der Waals surface area (Å²) in [5, 5.41) is 1.14. The Kier molecular flexibility index (Phi) is 6.55. The van der Waals surface area contributed by atoms with Crippen LogP contribution < -0.4 is 10.5 Å². The Bertz CT molecular complexity index is 405. The minimum atomic E-state index is 0.0371. The highest BCUT2D eigenvalue weighted by molar-refractivity contribution is 6.35. The third-order valence-electron chi connectivity index (χ3n) is 2.43. The van der Waals surface area contributed by atoms with Crippen LogP contribution in [0.2, 0.25) is 10.0 Å². The predicted octanol–water partition coefficient (Wildman–Crippen LogP) is 4.23. The summed E-state index contributed by atoms with van der Waals surface area (Å²) in [6, 6.07) is 3.59. The number of hydrogen-bond donors (Lipinski definition) is 1. The molecule has 0 heterocycles. The van der Waals surface area contributed by atoms with Gasteiger partial charge in [-0.1, -0.05) is 29.3 Å². The van der Waals surface area contributed by atoms with Gasteiger partial charge < -0.3 is 10.5 Å². The number of halogens is 2. The molecule has 0 aliphatic rings. The van der Waals surface area contributed by atoms with Crippen LogP contribution in [0.5, 0.6) is 5.75 Å². The van der Waals surface area contributed by atoms with E-state index in [4.69, 9.17) is 33.7 Å². The first-order chi connectivity index (χ1) is 8.54. The predicted molar refractivity (Wildman–Crippen MR) is 78.7 cm³/mol. The van der Waals surface area contributed by atoms with E-state index in [0.29, 0.717) is 28.8 Å². The smallest absolute Gasteiger partial charge is 0.141 e. The van der Waals surface area contributed by atoms with E-state index < -0.39 is 0 Å². The SMILES string of the molecule is C=CCCCOc1c(Cl)cc(Cl)cc1CC(C)N. The summed E-state index contributed by atoms with van der Waals surface area (Å²) in [6.07, 6.45) is 4.40. The highest BCUT2D eigenvalue weighted by Crippen LogP contribution is 2.33. The summed E-state index contributed by atoms with van der Waals surface area (Å²) < 4.78 is 5.73. The molecular formula is C14H19Cl2NO. The van der Waals surface area contributed by atoms with Crippen LogP contribution in [0.3, 0.4) is 0 Å². The lowest BCUT2D eigenvalue weighted by molar-refractivity contribution is 0.308. The van der Waals surface area contributed by atoms with Crippen molar-refractivity contribution in [3.63, 3.8) is 0 Å². The van der Waals surface area contributed by atoms with Crippen LogP contribution in [0.25, 0.3) is 0 Å². The van der Waals surface area contributed by atoms with Gasteiger partial charge in [0.1, 0.15) is 5.75 Å². The Labute approximate surface area is 119 Å². The fraction of sp³-hybridized carbons (Fsp3) is 0.429. The third kappa shape index (κ3) is 4.89. The highest BCUT2D eigenvalue weighted by Gasteiger charge is 2.12. The van der Waals surface area contributed by atoms with E-state index in [0.717, 1.165) is 18.4 Å². The molecule has 0 aliphatic heterocycles. The molecular weight excluding hydrogens is 269 g/mol. The van der Waals surface area contributed by atoms with Crippen molar-refractivity contribution in [3.8, 4) is 5.75 Å². The number of rotatable bonds is 7. The van der Waals surface area contributed by atoms with Gasteiger partial charge in [0.25, 0.3) is 0 Å². The maximum atomic E-state index is 6.16. The van der Waals surface area contributed by atoms with Crippen molar-refractivity contribution in [2.45, 2.75) is 32.2 Å². The quantitative estimate of drug-likeness (QED) is 0.602. The lowest BCUT2D eigenvalue weighted by atomic mass is 10.1. The van der Waals surface area contributed by atoms with Gasteiger partial charge in [-0.05, 0) is 43.9 Å². The number of ether oxygens (including phenoxy) is 1. The summed E-state index contributed by atoms with van der Waals surface area (Å²) in [6.45, 7) is 6.23. The van der Waals surface area contributed by atoms with Crippen molar-refractivity contribution in [1.82, 2.24) is 0 Å². The first-order valence-corrected chi connectivity index (χ1v) is 6.77. The molecule has 0 fully saturated rings. The van der Waals surface area contributed by atoms with Crippen LogP contribution in [-0.2, 0) is 6.42 Å². The second-order valence-electron chi connectivity index (χ2n) is 4.34. The van der Waals surface area contributed by atoms with E-state index in [2.05, 4.69) is 6.58 Å². The van der Waals surface area contributed by atoms with Gasteiger partial charge in [-0.3, -0.25) is 0 Å². The topological polar surface area (TPSA) is 35.2 Å². The normalized spacial score (nSPS) is 12.2. The van der Waals surface area contributed by atoms with E-state index in [1.807, 2.05) is 19.1 Å². The Balaban J connectivity index is 2.82. The minimum absolute atomic E-state index is 0.0371. The van der Waals surface area contributed by atoms with Crippen molar-refractivity contribution in [3.05, 3.63) is 40.4 Å². The summed E-state index contributed by atoms with van der Waals surface area (Å²) >= 11 is 12.2. The van der Waals surface area contributed by atoms with E-state index >= 15 is 0 Å². The van der Waals surface area contributed by atoms with Crippen molar-refractivity contribution in [2.24, 2.45) is 5.73 Å². The molecule has 1 atom stereocenters. The monoisotopic (exact) mass is 287 g/mol. The van der Waals surface area contributed by atoms with E-state index in [9.17, 15) is 0 Å². The van der Waals surface area contributed by atoms with Gasteiger partial charge in [0.2, 0.25) is 0 Å². The van der Waals surface area contributed by atoms with Crippen LogP contribution in [-0.4, -0.2) is 12.6 Å². The Morgan fingerprint density at radius 2 is 2.17 bits per heavy atom. The standard InChI is InChI=1S/C14H19Cl2NO/c1-3-4-5-6-18-14-11(7-10(2)17)8-12(15)9-13(14)16/h3,8-10H,1,4-7,17H2,2H3. The van der Waals surface area contributed by atoms with E-state index in [1.54, 1.807) is 6.07 Å². The van der Waals surface area contributed by atoms with Crippen LogP contribution in [0.4, 0.5) is 0 Å². The number of benzene rings is 1. The fourth-order valence-electron chi connectivity index (χ4n) is 1.68. The third-order valence-corrected chi connectivity index (χ3v) is 2.93. The Morgan fingerprint density at radius 3 is 2.78 bits per heavy atom. The zero-order valence-corrected chi connectivity index (χ0v) is 12.1. The average molecular weight is 288 g/mol. The second kappa shape index (κ2) is 7.67. The first kappa shape index (κ1) is 15.4. The molecule has 18 heavy (non-hydrogen) atoms. The zero-order valence-electron chi connectivity index (χ0n) is 10.6. The Morgan fingerprint density at radius 1 is 1.44 bits per heavy atom. The van der Waals surface area contributed by atoms with E-state index in [1.165, 1.54) is 0 Å². The molecule has 4 heteroatoms. The number of nitrogens with two attached hydrogens (primary N) is 1. The van der Waals surface area contributed by atoms with Gasteiger partial charge in [0, 0.05) is 11.1 Å². The fourth-order valence-corrected chi connectivity index (χ4v) is 2.27. The highest BCUT2D eigenvalue weighted by atomic mass is 35.5. The summed E-state index contributed by atoms with van der Waals surface area (Å²) in [5.41, 5.74) is 6.77. The minimum Gasteiger partial charge on any atom is -0.492 e. The lowest BCUT2D eigenvalue weighted by Crippen LogP contribution is -2.18. The van der Waals surface area contributed by atoms with Gasteiger partial charge in [0.15, 0.2) is 0 Å². The molecule has 0 amide bonds. The zero-order chi connectivity index (χ0) is 13.5. The van der Waals surface area contributed by atoms with Crippen LogP contribution in [0.1, 0.15) is 25.3 Å². The number of unbranched alkanes of at least 4 members (excludes halogenated alkanes) is 1. The summed E-state index contributed by atoms with van der Waals surface area (Å²) in [5.74, 6) is 0.697. The molecule has 1 rings (SSSR count). The van der Waals surface area contributed by atoms with E-state index in [-0.39, 0.29) is 6.04 Å². The van der Waals surface area contributed by atoms with Gasteiger partial charge in [-0.25, -0.2) is 0 Å².